The highest BCUT2D eigenvalue weighted by Crippen LogP contribution is 2.52. The number of piperidine rings is 1. The van der Waals surface area contributed by atoms with Crippen LogP contribution >= 0.6 is 0 Å². The van der Waals surface area contributed by atoms with Gasteiger partial charge in [0, 0.05) is 6.54 Å². The molecule has 1 saturated carbocycles. The number of hydrogen-bond donors (Lipinski definition) is 1. The molecule has 2 fully saturated rings. The lowest BCUT2D eigenvalue weighted by atomic mass is 10.2. The largest absolute Gasteiger partial charge is 0.330 e. The van der Waals surface area contributed by atoms with Gasteiger partial charge < -0.3 is 5.73 Å². The van der Waals surface area contributed by atoms with Crippen molar-refractivity contribution in [3.8, 4) is 0 Å². The fourth-order valence-electron chi connectivity index (χ4n) is 2.25. The van der Waals surface area contributed by atoms with Crippen LogP contribution in [0.5, 0.6) is 0 Å². The number of nitrogens with zero attached hydrogens (tertiary/aromatic N) is 1. The third-order valence-electron chi connectivity index (χ3n) is 2.99. The van der Waals surface area contributed by atoms with Crippen molar-refractivity contribution in [3.63, 3.8) is 0 Å². The lowest BCUT2D eigenvalue weighted by Crippen LogP contribution is -2.36. The first-order valence-electron chi connectivity index (χ1n) is 4.77. The summed E-state index contributed by atoms with van der Waals surface area (Å²) >= 11 is 0. The molecule has 1 aliphatic heterocycles. The molecule has 2 amide bonds. The van der Waals surface area contributed by atoms with Crippen LogP contribution in [0.4, 0.5) is 0 Å². The fraction of sp³-hybridized carbons (Fsp3) is 0.778. The van der Waals surface area contributed by atoms with E-state index in [-0.39, 0.29) is 29.6 Å². The van der Waals surface area contributed by atoms with Crippen LogP contribution in [0, 0.1) is 17.8 Å². The van der Waals surface area contributed by atoms with E-state index in [1.807, 2.05) is 6.92 Å². The molecule has 4 heteroatoms. The maximum absolute atomic E-state index is 11.6. The van der Waals surface area contributed by atoms with Crippen LogP contribution in [0.3, 0.4) is 0 Å². The molecule has 2 aliphatic rings. The molecule has 13 heavy (non-hydrogen) atoms. The van der Waals surface area contributed by atoms with Gasteiger partial charge in [-0.15, -0.1) is 0 Å². The zero-order valence-electron chi connectivity index (χ0n) is 7.69. The van der Waals surface area contributed by atoms with E-state index >= 15 is 0 Å². The smallest absolute Gasteiger partial charge is 0.233 e. The van der Waals surface area contributed by atoms with Crippen LogP contribution in [-0.4, -0.2) is 29.8 Å². The molecule has 2 rings (SSSR count). The summed E-state index contributed by atoms with van der Waals surface area (Å²) in [5, 5.41) is 0. The van der Waals surface area contributed by atoms with Crippen LogP contribution in [0.1, 0.15) is 13.3 Å². The zero-order valence-corrected chi connectivity index (χ0v) is 7.69. The van der Waals surface area contributed by atoms with E-state index < -0.39 is 0 Å². The third kappa shape index (κ3) is 1.01. The second-order valence-electron chi connectivity index (χ2n) is 3.78. The van der Waals surface area contributed by atoms with E-state index in [2.05, 4.69) is 0 Å². The molecule has 0 radical (unpaired) electrons. The summed E-state index contributed by atoms with van der Waals surface area (Å²) in [7, 11) is 0. The van der Waals surface area contributed by atoms with Crippen molar-refractivity contribution in [2.45, 2.75) is 13.3 Å². The molecule has 0 spiro atoms. The van der Waals surface area contributed by atoms with Crippen LogP contribution in [0.25, 0.3) is 0 Å². The van der Waals surface area contributed by atoms with Crippen molar-refractivity contribution in [2.24, 2.45) is 23.5 Å². The van der Waals surface area contributed by atoms with E-state index in [0.717, 1.165) is 6.42 Å². The number of imide groups is 1. The third-order valence-corrected chi connectivity index (χ3v) is 2.99. The molecule has 1 aliphatic carbocycles. The zero-order chi connectivity index (χ0) is 9.59. The molecule has 1 heterocycles. The van der Waals surface area contributed by atoms with Gasteiger partial charge in [-0.2, -0.15) is 0 Å². The Bertz CT molecular complexity index is 242. The van der Waals surface area contributed by atoms with Gasteiger partial charge in [-0.05, 0) is 18.9 Å². The monoisotopic (exact) mass is 182 g/mol. The summed E-state index contributed by atoms with van der Waals surface area (Å²) in [6, 6.07) is 0. The molecule has 0 aromatic rings. The Kier molecular flexibility index (Phi) is 1.87. The average molecular weight is 182 g/mol. The normalized spacial score (nSPS) is 36.8. The van der Waals surface area contributed by atoms with Crippen molar-refractivity contribution >= 4 is 11.8 Å². The number of rotatable bonds is 3. The minimum absolute atomic E-state index is 0.00676. The predicted octanol–water partition coefficient (Wildman–Crippen LogP) is -0.414. The van der Waals surface area contributed by atoms with Crippen LogP contribution in [0.2, 0.25) is 0 Å². The summed E-state index contributed by atoms with van der Waals surface area (Å²) in [4.78, 5) is 24.5. The molecule has 1 saturated heterocycles. The molecular formula is C9H14N2O2. The van der Waals surface area contributed by atoms with E-state index in [0.29, 0.717) is 13.1 Å². The lowest BCUT2D eigenvalue weighted by Gasteiger charge is -2.16. The Morgan fingerprint density at radius 1 is 1.31 bits per heavy atom. The number of amides is 2. The summed E-state index contributed by atoms with van der Waals surface area (Å²) in [6.45, 7) is 3.00. The van der Waals surface area contributed by atoms with Gasteiger partial charge >= 0.3 is 0 Å². The van der Waals surface area contributed by atoms with Crippen molar-refractivity contribution in [3.05, 3.63) is 0 Å². The first kappa shape index (κ1) is 8.69. The Balaban J connectivity index is 2.08. The van der Waals surface area contributed by atoms with Gasteiger partial charge in [0.1, 0.15) is 0 Å². The first-order chi connectivity index (χ1) is 6.22. The SMILES string of the molecule is CCCN1C(=O)C2C(CN)C2C1=O. The molecule has 2 unspecified atom stereocenters. The van der Waals surface area contributed by atoms with Gasteiger partial charge in [-0.3, -0.25) is 14.5 Å². The summed E-state index contributed by atoms with van der Waals surface area (Å²) < 4.78 is 0. The van der Waals surface area contributed by atoms with Crippen LogP contribution < -0.4 is 5.73 Å². The number of likely N-dealkylation sites (tertiary alicyclic amines) is 1. The number of fused-ring (bicyclic) bond motifs is 1. The van der Waals surface area contributed by atoms with E-state index in [1.165, 1.54) is 4.90 Å². The Labute approximate surface area is 77.1 Å². The number of carbonyl (C=O) groups is 2. The van der Waals surface area contributed by atoms with Gasteiger partial charge in [0.05, 0.1) is 11.8 Å². The standard InChI is InChI=1S/C9H14N2O2/c1-2-3-11-8(12)6-5(4-10)7(6)9(11)13/h5-7H,2-4,10H2,1H3. The van der Waals surface area contributed by atoms with Crippen LogP contribution in [0.15, 0.2) is 0 Å². The van der Waals surface area contributed by atoms with Gasteiger partial charge in [-0.1, -0.05) is 6.92 Å². The molecule has 0 aromatic carbocycles. The van der Waals surface area contributed by atoms with Gasteiger partial charge in [0.2, 0.25) is 11.8 Å². The topological polar surface area (TPSA) is 63.4 Å². The first-order valence-corrected chi connectivity index (χ1v) is 4.77. The van der Waals surface area contributed by atoms with Gasteiger partial charge in [0.15, 0.2) is 0 Å². The van der Waals surface area contributed by atoms with Crippen molar-refractivity contribution in [1.82, 2.24) is 4.90 Å². The number of hydrogen-bond acceptors (Lipinski definition) is 3. The summed E-state index contributed by atoms with van der Waals surface area (Å²) in [6.07, 6.45) is 0.838. The molecule has 2 N–H and O–H groups in total. The van der Waals surface area contributed by atoms with Crippen molar-refractivity contribution in [1.29, 1.82) is 0 Å². The molecule has 72 valence electrons. The minimum atomic E-state index is -0.0657. The molecule has 4 nitrogen and oxygen atoms in total. The number of nitrogens with two attached hydrogens (primary N) is 1. The Hall–Kier alpha value is -0.900. The van der Waals surface area contributed by atoms with E-state index in [9.17, 15) is 9.59 Å². The Morgan fingerprint density at radius 3 is 2.23 bits per heavy atom. The predicted molar refractivity (Wildman–Crippen MR) is 46.5 cm³/mol. The summed E-state index contributed by atoms with van der Waals surface area (Å²) in [5.74, 6) is 0.0285. The van der Waals surface area contributed by atoms with Crippen molar-refractivity contribution in [2.75, 3.05) is 13.1 Å². The van der Waals surface area contributed by atoms with E-state index in [4.69, 9.17) is 5.73 Å². The van der Waals surface area contributed by atoms with Gasteiger partial charge in [0.25, 0.3) is 0 Å². The van der Waals surface area contributed by atoms with Crippen molar-refractivity contribution < 1.29 is 9.59 Å². The maximum atomic E-state index is 11.6. The molecule has 0 bridgehead atoms. The maximum Gasteiger partial charge on any atom is 0.233 e. The second-order valence-corrected chi connectivity index (χ2v) is 3.78. The molecular weight excluding hydrogens is 168 g/mol. The highest BCUT2D eigenvalue weighted by molar-refractivity contribution is 6.09. The molecule has 0 aromatic heterocycles. The Morgan fingerprint density at radius 2 is 1.85 bits per heavy atom. The highest BCUT2D eigenvalue weighted by atomic mass is 16.2. The van der Waals surface area contributed by atoms with Gasteiger partial charge in [-0.25, -0.2) is 0 Å². The quantitative estimate of drug-likeness (QED) is 0.603. The minimum Gasteiger partial charge on any atom is -0.330 e. The second kappa shape index (κ2) is 2.80. The van der Waals surface area contributed by atoms with E-state index in [1.54, 1.807) is 0 Å². The number of carbonyl (C=O) groups excluding carboxylic acids is 2. The fourth-order valence-corrected chi connectivity index (χ4v) is 2.25. The molecule has 2 atom stereocenters. The average Bonchev–Trinajstić information content (AvgIpc) is 2.80. The lowest BCUT2D eigenvalue weighted by molar-refractivity contribution is -0.142. The summed E-state index contributed by atoms with van der Waals surface area (Å²) in [5.41, 5.74) is 5.44. The van der Waals surface area contributed by atoms with Crippen LogP contribution in [-0.2, 0) is 9.59 Å². The highest BCUT2D eigenvalue weighted by Gasteiger charge is 2.66.